The zero-order chi connectivity index (χ0) is 28.4. The van der Waals surface area contributed by atoms with Crippen molar-refractivity contribution in [3.63, 3.8) is 0 Å². The number of ether oxygens (including phenoxy) is 2. The molecule has 0 unspecified atom stereocenters. The van der Waals surface area contributed by atoms with E-state index in [9.17, 15) is 14.4 Å². The summed E-state index contributed by atoms with van der Waals surface area (Å²) in [4.78, 5) is 40.4. The van der Waals surface area contributed by atoms with E-state index in [4.69, 9.17) is 61.6 Å². The SMILES string of the molecule is CCCCOC(=O)C1=C(N)n2c(s/c(=C\c3ccc(Cl)cc3Cl)c2=O)=C(C(=O)OC)[C@H]1c1ccc(Cl)cc1Cl. The minimum Gasteiger partial charge on any atom is -0.466 e. The molecule has 1 aromatic heterocycles. The second-order valence-electron chi connectivity index (χ2n) is 8.51. The van der Waals surface area contributed by atoms with Gasteiger partial charge in [-0.25, -0.2) is 9.59 Å². The second kappa shape index (κ2) is 12.2. The Kier molecular flexibility index (Phi) is 9.14. The van der Waals surface area contributed by atoms with Crippen LogP contribution in [0.2, 0.25) is 20.1 Å². The lowest BCUT2D eigenvalue weighted by atomic mass is 9.83. The van der Waals surface area contributed by atoms with Gasteiger partial charge in [0, 0.05) is 20.1 Å². The first-order valence-corrected chi connectivity index (χ1v) is 14.0. The van der Waals surface area contributed by atoms with Crippen LogP contribution in [0.25, 0.3) is 17.5 Å². The highest BCUT2D eigenvalue weighted by atomic mass is 35.5. The molecule has 3 aromatic rings. The Morgan fingerprint density at radius 3 is 2.31 bits per heavy atom. The minimum absolute atomic E-state index is 0.00215. The summed E-state index contributed by atoms with van der Waals surface area (Å²) in [6, 6.07) is 9.49. The van der Waals surface area contributed by atoms with Crippen LogP contribution in [-0.4, -0.2) is 30.2 Å². The molecule has 0 radical (unpaired) electrons. The molecule has 0 aliphatic carbocycles. The third-order valence-corrected chi connectivity index (χ3v) is 8.26. The number of benzene rings is 2. The molecule has 0 amide bonds. The molecule has 2 heterocycles. The van der Waals surface area contributed by atoms with Crippen LogP contribution in [0.4, 0.5) is 0 Å². The van der Waals surface area contributed by atoms with Crippen LogP contribution in [0.5, 0.6) is 0 Å². The zero-order valence-electron chi connectivity index (χ0n) is 20.7. The molecule has 39 heavy (non-hydrogen) atoms. The van der Waals surface area contributed by atoms with Crippen LogP contribution < -0.4 is 20.5 Å². The van der Waals surface area contributed by atoms with E-state index in [1.807, 2.05) is 6.92 Å². The molecule has 2 aromatic carbocycles. The predicted molar refractivity (Wildman–Crippen MR) is 156 cm³/mol. The number of fused-ring (bicyclic) bond motifs is 1. The lowest BCUT2D eigenvalue weighted by molar-refractivity contribution is -0.139. The van der Waals surface area contributed by atoms with Gasteiger partial charge in [0.2, 0.25) is 0 Å². The van der Waals surface area contributed by atoms with Crippen molar-refractivity contribution < 1.29 is 19.1 Å². The van der Waals surface area contributed by atoms with Crippen molar-refractivity contribution in [1.82, 2.24) is 4.57 Å². The number of unbranched alkanes of at least 4 members (excludes halogenated alkanes) is 1. The van der Waals surface area contributed by atoms with E-state index in [0.717, 1.165) is 22.3 Å². The Hall–Kier alpha value is -2.75. The number of carbonyl (C=O) groups excluding carboxylic acids is 2. The van der Waals surface area contributed by atoms with Gasteiger partial charge in [-0.3, -0.25) is 9.36 Å². The van der Waals surface area contributed by atoms with E-state index < -0.39 is 23.4 Å². The number of nitrogens with zero attached hydrogens (tertiary/aromatic N) is 1. The molecule has 1 aliphatic heterocycles. The number of aromatic nitrogens is 1. The summed E-state index contributed by atoms with van der Waals surface area (Å²) >= 11 is 26.0. The van der Waals surface area contributed by atoms with Crippen LogP contribution in [0.3, 0.4) is 0 Å². The van der Waals surface area contributed by atoms with Gasteiger partial charge in [-0.15, -0.1) is 11.3 Å². The summed E-state index contributed by atoms with van der Waals surface area (Å²) < 4.78 is 12.1. The van der Waals surface area contributed by atoms with E-state index in [0.29, 0.717) is 32.6 Å². The molecule has 0 saturated heterocycles. The maximum atomic E-state index is 13.6. The number of rotatable bonds is 7. The fraction of sp³-hybridized carbons (Fsp3) is 0.222. The molecule has 204 valence electrons. The summed E-state index contributed by atoms with van der Waals surface area (Å²) in [5.74, 6) is -2.84. The molecular weight excluding hydrogens is 606 g/mol. The number of carbonyl (C=O) groups is 2. The Labute approximate surface area is 247 Å². The van der Waals surface area contributed by atoms with Crippen molar-refractivity contribution in [1.29, 1.82) is 0 Å². The highest BCUT2D eigenvalue weighted by Gasteiger charge is 2.40. The number of halogens is 4. The monoisotopic (exact) mass is 626 g/mol. The average molecular weight is 628 g/mol. The topological polar surface area (TPSA) is 101 Å². The molecule has 4 rings (SSSR count). The van der Waals surface area contributed by atoms with Crippen molar-refractivity contribution in [3.8, 4) is 0 Å². The van der Waals surface area contributed by atoms with Crippen molar-refractivity contribution in [2.45, 2.75) is 25.7 Å². The van der Waals surface area contributed by atoms with Gasteiger partial charge in [-0.05, 0) is 47.9 Å². The summed E-state index contributed by atoms with van der Waals surface area (Å²) in [6.07, 6.45) is 2.96. The van der Waals surface area contributed by atoms with Crippen LogP contribution in [0.15, 0.2) is 46.8 Å². The van der Waals surface area contributed by atoms with Gasteiger partial charge in [0.15, 0.2) is 0 Å². The predicted octanol–water partition coefficient (Wildman–Crippen LogP) is 4.94. The first-order valence-electron chi connectivity index (χ1n) is 11.7. The highest BCUT2D eigenvalue weighted by molar-refractivity contribution is 7.07. The summed E-state index contributed by atoms with van der Waals surface area (Å²) in [5, 5.41) is 1.30. The standard InChI is InChI=1S/C27H22Cl4N2O5S/c1-3-4-9-38-27(36)21-20(16-8-7-15(29)12-18(16)31)22(26(35)37-2)25-33(23(21)32)24(34)19(39-25)10-13-5-6-14(28)11-17(13)30/h5-8,10-12,20H,3-4,9,32H2,1-2H3/b19-10-/t20-/m0/s1. The van der Waals surface area contributed by atoms with Gasteiger partial charge in [0.1, 0.15) is 10.5 Å². The Morgan fingerprint density at radius 1 is 1.03 bits per heavy atom. The van der Waals surface area contributed by atoms with Crippen molar-refractivity contribution in [3.05, 3.63) is 92.7 Å². The average Bonchev–Trinajstić information content (AvgIpc) is 3.21. The molecule has 12 heteroatoms. The van der Waals surface area contributed by atoms with Crippen LogP contribution in [0, 0.1) is 0 Å². The van der Waals surface area contributed by atoms with Crippen molar-refractivity contribution >= 4 is 87.1 Å². The number of thiazole rings is 1. The first kappa shape index (κ1) is 29.2. The maximum Gasteiger partial charge on any atom is 0.338 e. The van der Waals surface area contributed by atoms with E-state index in [1.165, 1.54) is 13.2 Å². The molecule has 0 saturated carbocycles. The van der Waals surface area contributed by atoms with Crippen LogP contribution in [0.1, 0.15) is 36.8 Å². The van der Waals surface area contributed by atoms with Crippen molar-refractivity contribution in [2.24, 2.45) is 5.73 Å². The summed E-state index contributed by atoms with van der Waals surface area (Å²) in [5.41, 5.74) is 6.75. The number of hydrogen-bond donors (Lipinski definition) is 1. The van der Waals surface area contributed by atoms with Crippen LogP contribution >= 0.6 is 57.7 Å². The third kappa shape index (κ3) is 5.76. The molecule has 0 fully saturated rings. The number of methoxy groups -OCH3 is 1. The smallest absolute Gasteiger partial charge is 0.338 e. The third-order valence-electron chi connectivity index (χ3n) is 6.03. The van der Waals surface area contributed by atoms with Gasteiger partial charge >= 0.3 is 11.9 Å². The van der Waals surface area contributed by atoms with Gasteiger partial charge in [-0.2, -0.15) is 0 Å². The number of nitrogens with two attached hydrogens (primary N) is 1. The lowest BCUT2D eigenvalue weighted by Crippen LogP contribution is -2.42. The molecular formula is C27H22Cl4N2O5S. The minimum atomic E-state index is -1.10. The van der Waals surface area contributed by atoms with Gasteiger partial charge < -0.3 is 15.2 Å². The van der Waals surface area contributed by atoms with Crippen LogP contribution in [-0.2, 0) is 19.1 Å². The number of hydrogen-bond acceptors (Lipinski definition) is 7. The molecule has 7 nitrogen and oxygen atoms in total. The first-order chi connectivity index (χ1) is 18.6. The quantitative estimate of drug-likeness (QED) is 0.294. The van der Waals surface area contributed by atoms with Gasteiger partial charge in [-0.1, -0.05) is 71.9 Å². The molecule has 1 atom stereocenters. The van der Waals surface area contributed by atoms with Gasteiger partial charge in [0.05, 0.1) is 35.3 Å². The fourth-order valence-corrected chi connectivity index (χ4v) is 6.29. The zero-order valence-corrected chi connectivity index (χ0v) is 24.6. The van der Waals surface area contributed by atoms with E-state index in [2.05, 4.69) is 0 Å². The largest absolute Gasteiger partial charge is 0.466 e. The van der Waals surface area contributed by atoms with E-state index in [-0.39, 0.29) is 37.8 Å². The maximum absolute atomic E-state index is 13.6. The Bertz CT molecular complexity index is 1690. The number of esters is 2. The summed E-state index contributed by atoms with van der Waals surface area (Å²) in [7, 11) is 1.20. The van der Waals surface area contributed by atoms with E-state index in [1.54, 1.807) is 36.4 Å². The second-order valence-corrected chi connectivity index (χ2v) is 11.2. The summed E-state index contributed by atoms with van der Waals surface area (Å²) in [6.45, 7) is 2.07. The normalized spacial score (nSPS) is 15.4. The van der Waals surface area contributed by atoms with E-state index >= 15 is 0 Å². The molecule has 0 spiro atoms. The molecule has 0 bridgehead atoms. The molecule has 2 N–H and O–H groups in total. The Morgan fingerprint density at radius 2 is 1.69 bits per heavy atom. The fourth-order valence-electron chi connectivity index (χ4n) is 4.15. The van der Waals surface area contributed by atoms with Gasteiger partial charge in [0.25, 0.3) is 5.56 Å². The Balaban J connectivity index is 2.09. The highest BCUT2D eigenvalue weighted by Crippen LogP contribution is 2.41. The lowest BCUT2D eigenvalue weighted by Gasteiger charge is -2.27. The van der Waals surface area contributed by atoms with Crippen molar-refractivity contribution in [2.75, 3.05) is 13.7 Å². The molecule has 1 aliphatic rings.